The van der Waals surface area contributed by atoms with Crippen LogP contribution in [-0.2, 0) is 6.54 Å². The summed E-state index contributed by atoms with van der Waals surface area (Å²) in [5.41, 5.74) is 10.1. The summed E-state index contributed by atoms with van der Waals surface area (Å²) in [5, 5.41) is 17.4. The van der Waals surface area contributed by atoms with Crippen molar-refractivity contribution in [3.63, 3.8) is 0 Å². The molecule has 110 valence electrons. The van der Waals surface area contributed by atoms with Crippen molar-refractivity contribution in [1.29, 1.82) is 0 Å². The van der Waals surface area contributed by atoms with Crippen molar-refractivity contribution in [2.75, 3.05) is 5.32 Å². The summed E-state index contributed by atoms with van der Waals surface area (Å²) in [7, 11) is 0. The lowest BCUT2D eigenvalue weighted by atomic mass is 10.1. The summed E-state index contributed by atoms with van der Waals surface area (Å²) in [6.45, 7) is 0.362. The zero-order chi connectivity index (χ0) is 15.9. The standard InChI is InChI=1S/C14H11N5O3/c15-18-17-12-5-6-13(14(7-12)19(21)22)16-8-10-1-3-11(9-20)4-2-10/h1-7,9,16H,8H2. The van der Waals surface area contributed by atoms with Crippen LogP contribution in [0.4, 0.5) is 17.1 Å². The van der Waals surface area contributed by atoms with Crippen LogP contribution in [0.25, 0.3) is 10.4 Å². The largest absolute Gasteiger partial charge is 0.375 e. The summed E-state index contributed by atoms with van der Waals surface area (Å²) < 4.78 is 0. The molecule has 0 atom stereocenters. The third kappa shape index (κ3) is 3.59. The molecule has 2 aromatic rings. The Balaban J connectivity index is 2.19. The molecule has 0 aliphatic heterocycles. The molecule has 0 radical (unpaired) electrons. The topological polar surface area (TPSA) is 121 Å². The first-order chi connectivity index (χ1) is 10.6. The number of nitrogens with zero attached hydrogens (tertiary/aromatic N) is 4. The van der Waals surface area contributed by atoms with Crippen LogP contribution in [0.1, 0.15) is 15.9 Å². The molecule has 0 amide bonds. The van der Waals surface area contributed by atoms with Crippen molar-refractivity contribution in [3.8, 4) is 0 Å². The minimum Gasteiger partial charge on any atom is -0.375 e. The van der Waals surface area contributed by atoms with Gasteiger partial charge in [0.2, 0.25) is 0 Å². The highest BCUT2D eigenvalue weighted by molar-refractivity contribution is 5.74. The number of nitro benzene ring substituents is 1. The van der Waals surface area contributed by atoms with Gasteiger partial charge in [-0.15, -0.1) is 0 Å². The molecule has 0 heterocycles. The molecule has 0 aromatic heterocycles. The molecule has 22 heavy (non-hydrogen) atoms. The van der Waals surface area contributed by atoms with Gasteiger partial charge in [0.25, 0.3) is 5.69 Å². The van der Waals surface area contributed by atoms with E-state index in [1.54, 1.807) is 24.3 Å². The van der Waals surface area contributed by atoms with Gasteiger partial charge in [0.1, 0.15) is 12.0 Å². The minimum atomic E-state index is -0.547. The average molecular weight is 297 g/mol. The van der Waals surface area contributed by atoms with Crippen molar-refractivity contribution >= 4 is 23.3 Å². The van der Waals surface area contributed by atoms with Gasteiger partial charge in [0, 0.05) is 28.8 Å². The zero-order valence-electron chi connectivity index (χ0n) is 11.3. The second-order valence-corrected chi connectivity index (χ2v) is 4.36. The third-order valence-corrected chi connectivity index (χ3v) is 2.94. The molecule has 0 unspecified atom stereocenters. The smallest absolute Gasteiger partial charge is 0.292 e. The van der Waals surface area contributed by atoms with E-state index < -0.39 is 4.92 Å². The van der Waals surface area contributed by atoms with Gasteiger partial charge in [-0.3, -0.25) is 14.9 Å². The van der Waals surface area contributed by atoms with Gasteiger partial charge in [-0.25, -0.2) is 0 Å². The second-order valence-electron chi connectivity index (χ2n) is 4.36. The fraction of sp³-hybridized carbons (Fsp3) is 0.0714. The Morgan fingerprint density at radius 1 is 1.27 bits per heavy atom. The minimum absolute atomic E-state index is 0.172. The van der Waals surface area contributed by atoms with Gasteiger partial charge < -0.3 is 5.32 Å². The van der Waals surface area contributed by atoms with E-state index in [2.05, 4.69) is 15.3 Å². The Morgan fingerprint density at radius 3 is 2.59 bits per heavy atom. The number of carbonyl (C=O) groups is 1. The maximum absolute atomic E-state index is 11.1. The van der Waals surface area contributed by atoms with Gasteiger partial charge in [0.05, 0.1) is 4.92 Å². The van der Waals surface area contributed by atoms with E-state index in [1.165, 1.54) is 18.2 Å². The maximum atomic E-state index is 11.1. The number of benzene rings is 2. The number of anilines is 1. The number of aldehydes is 1. The number of azide groups is 1. The Morgan fingerprint density at radius 2 is 2.00 bits per heavy atom. The molecular formula is C14H11N5O3. The maximum Gasteiger partial charge on any atom is 0.292 e. The number of nitro groups is 1. The van der Waals surface area contributed by atoms with Crippen LogP contribution in [0.3, 0.4) is 0 Å². The van der Waals surface area contributed by atoms with E-state index in [0.717, 1.165) is 11.8 Å². The molecule has 0 spiro atoms. The first-order valence-corrected chi connectivity index (χ1v) is 6.25. The van der Waals surface area contributed by atoms with Crippen molar-refractivity contribution in [1.82, 2.24) is 0 Å². The van der Waals surface area contributed by atoms with Crippen LogP contribution in [0.2, 0.25) is 0 Å². The Labute approximate surface area is 125 Å². The molecule has 0 aliphatic rings. The molecule has 0 saturated carbocycles. The monoisotopic (exact) mass is 297 g/mol. The predicted molar refractivity (Wildman–Crippen MR) is 81.1 cm³/mol. The van der Waals surface area contributed by atoms with Crippen molar-refractivity contribution in [2.24, 2.45) is 5.11 Å². The molecular weight excluding hydrogens is 286 g/mol. The molecule has 8 heteroatoms. The molecule has 0 saturated heterocycles. The van der Waals surface area contributed by atoms with Crippen LogP contribution in [-0.4, -0.2) is 11.2 Å². The van der Waals surface area contributed by atoms with E-state index in [-0.39, 0.29) is 11.4 Å². The quantitative estimate of drug-likeness (QED) is 0.216. The molecule has 0 fully saturated rings. The van der Waals surface area contributed by atoms with E-state index in [0.29, 0.717) is 17.8 Å². The van der Waals surface area contributed by atoms with E-state index in [9.17, 15) is 14.9 Å². The molecule has 2 aromatic carbocycles. The number of hydrogen-bond donors (Lipinski definition) is 1. The molecule has 0 aliphatic carbocycles. The molecule has 8 nitrogen and oxygen atoms in total. The summed E-state index contributed by atoms with van der Waals surface area (Å²) >= 11 is 0. The molecule has 2 rings (SSSR count). The van der Waals surface area contributed by atoms with Gasteiger partial charge in [-0.2, -0.15) is 0 Å². The first-order valence-electron chi connectivity index (χ1n) is 6.25. The SMILES string of the molecule is [N-]=[N+]=Nc1ccc(NCc2ccc(C=O)cc2)c([N+](=O)[O-])c1. The highest BCUT2D eigenvalue weighted by Crippen LogP contribution is 2.29. The zero-order valence-corrected chi connectivity index (χ0v) is 11.3. The normalized spacial score (nSPS) is 9.64. The predicted octanol–water partition coefficient (Wildman–Crippen LogP) is 3.96. The van der Waals surface area contributed by atoms with Gasteiger partial charge >= 0.3 is 0 Å². The highest BCUT2D eigenvalue weighted by Gasteiger charge is 2.14. The van der Waals surface area contributed by atoms with Gasteiger partial charge in [0.15, 0.2) is 0 Å². The van der Waals surface area contributed by atoms with Crippen molar-refractivity contribution in [2.45, 2.75) is 6.54 Å². The molecule has 1 N–H and O–H groups in total. The highest BCUT2D eigenvalue weighted by atomic mass is 16.6. The van der Waals surface area contributed by atoms with E-state index in [4.69, 9.17) is 5.53 Å². The number of rotatable bonds is 6. The Kier molecular flexibility index (Phi) is 4.69. The van der Waals surface area contributed by atoms with Crippen LogP contribution < -0.4 is 5.32 Å². The Hall–Kier alpha value is -3.38. The molecule has 0 bridgehead atoms. The van der Waals surface area contributed by atoms with Crippen LogP contribution in [0.5, 0.6) is 0 Å². The first kappa shape index (κ1) is 15.0. The van der Waals surface area contributed by atoms with Gasteiger partial charge in [-0.05, 0) is 17.2 Å². The lowest BCUT2D eigenvalue weighted by molar-refractivity contribution is -0.383. The average Bonchev–Trinajstić information content (AvgIpc) is 2.54. The Bertz CT molecular complexity index is 752. The summed E-state index contributed by atoms with van der Waals surface area (Å²) in [6, 6.07) is 11.0. The van der Waals surface area contributed by atoms with Gasteiger partial charge in [-0.1, -0.05) is 35.4 Å². The summed E-state index contributed by atoms with van der Waals surface area (Å²) in [6.07, 6.45) is 0.747. The van der Waals surface area contributed by atoms with Crippen LogP contribution in [0, 0.1) is 10.1 Å². The fourth-order valence-corrected chi connectivity index (χ4v) is 1.85. The number of nitrogens with one attached hydrogen (secondary N) is 1. The van der Waals surface area contributed by atoms with E-state index in [1.807, 2.05) is 0 Å². The van der Waals surface area contributed by atoms with Crippen LogP contribution in [0.15, 0.2) is 47.6 Å². The lowest BCUT2D eigenvalue weighted by Crippen LogP contribution is -2.02. The van der Waals surface area contributed by atoms with E-state index >= 15 is 0 Å². The van der Waals surface area contributed by atoms with Crippen molar-refractivity contribution < 1.29 is 9.72 Å². The van der Waals surface area contributed by atoms with Crippen molar-refractivity contribution in [3.05, 3.63) is 74.1 Å². The number of carbonyl (C=O) groups excluding carboxylic acids is 1. The third-order valence-electron chi connectivity index (χ3n) is 2.94. The van der Waals surface area contributed by atoms with Crippen LogP contribution >= 0.6 is 0 Å². The summed E-state index contributed by atoms with van der Waals surface area (Å²) in [4.78, 5) is 23.7. The fourth-order valence-electron chi connectivity index (χ4n) is 1.85. The lowest BCUT2D eigenvalue weighted by Gasteiger charge is -2.08. The second kappa shape index (κ2) is 6.87. The summed E-state index contributed by atoms with van der Waals surface area (Å²) in [5.74, 6) is 0. The number of hydrogen-bond acceptors (Lipinski definition) is 5.